The van der Waals surface area contributed by atoms with Crippen LogP contribution in [0.15, 0.2) is 23.2 Å². The van der Waals surface area contributed by atoms with E-state index < -0.39 is 0 Å². The second kappa shape index (κ2) is 12.7. The van der Waals surface area contributed by atoms with Gasteiger partial charge in [0.05, 0.1) is 12.6 Å². The van der Waals surface area contributed by atoms with Gasteiger partial charge >= 0.3 is 0 Å². The normalized spacial score (nSPS) is 20.9. The summed E-state index contributed by atoms with van der Waals surface area (Å²) >= 11 is 0. The third-order valence-electron chi connectivity index (χ3n) is 5.88. The smallest absolute Gasteiger partial charge is 0.191 e. The van der Waals surface area contributed by atoms with Gasteiger partial charge in [0.25, 0.3) is 0 Å². The summed E-state index contributed by atoms with van der Waals surface area (Å²) in [6, 6.07) is 5.21. The molecule has 30 heavy (non-hydrogen) atoms. The summed E-state index contributed by atoms with van der Waals surface area (Å²) in [5.74, 6) is 2.08. The van der Waals surface area contributed by atoms with Crippen molar-refractivity contribution >= 4 is 29.9 Å². The minimum absolute atomic E-state index is 0. The van der Waals surface area contributed by atoms with Gasteiger partial charge in [-0.3, -0.25) is 4.99 Å². The number of benzene rings is 1. The standard InChI is InChI=1S/C23H37FN4O.HI/c1-4-25-23(26-14-19-7-6-12-28(5-2)15-19)27-17(3)20-10-11-22(21(24)13-20)29-16-18-8-9-18;/h10-11,13,17-19H,4-9,12,14-16H2,1-3H3,(H2,25,26,27);1H. The van der Waals surface area contributed by atoms with Gasteiger partial charge in [-0.1, -0.05) is 13.0 Å². The van der Waals surface area contributed by atoms with Crippen LogP contribution in [0.1, 0.15) is 58.1 Å². The molecule has 2 aliphatic rings. The zero-order valence-corrected chi connectivity index (χ0v) is 21.0. The van der Waals surface area contributed by atoms with Crippen LogP contribution in [0.4, 0.5) is 4.39 Å². The molecule has 2 unspecified atom stereocenters. The molecule has 1 heterocycles. The maximum atomic E-state index is 14.4. The van der Waals surface area contributed by atoms with Crippen molar-refractivity contribution in [1.82, 2.24) is 15.5 Å². The highest BCUT2D eigenvalue weighted by Crippen LogP contribution is 2.30. The van der Waals surface area contributed by atoms with Crippen molar-refractivity contribution in [2.45, 2.75) is 52.5 Å². The van der Waals surface area contributed by atoms with Gasteiger partial charge in [-0.25, -0.2) is 4.39 Å². The van der Waals surface area contributed by atoms with Gasteiger partial charge in [0.1, 0.15) is 0 Å². The van der Waals surface area contributed by atoms with Crippen LogP contribution in [0.5, 0.6) is 5.75 Å². The molecule has 1 aliphatic carbocycles. The number of halogens is 2. The number of guanidine groups is 1. The van der Waals surface area contributed by atoms with E-state index in [0.717, 1.165) is 37.7 Å². The van der Waals surface area contributed by atoms with Crippen molar-refractivity contribution < 1.29 is 9.13 Å². The van der Waals surface area contributed by atoms with Crippen molar-refractivity contribution in [3.8, 4) is 5.75 Å². The van der Waals surface area contributed by atoms with Crippen molar-refractivity contribution in [2.75, 3.05) is 39.3 Å². The molecule has 0 bridgehead atoms. The number of hydrogen-bond acceptors (Lipinski definition) is 3. The van der Waals surface area contributed by atoms with Crippen LogP contribution in [0.3, 0.4) is 0 Å². The monoisotopic (exact) mass is 532 g/mol. The Labute approximate surface area is 198 Å². The molecule has 0 spiro atoms. The van der Waals surface area contributed by atoms with E-state index in [0.29, 0.717) is 24.2 Å². The first-order valence-electron chi connectivity index (χ1n) is 11.3. The van der Waals surface area contributed by atoms with Gasteiger partial charge < -0.3 is 20.3 Å². The summed E-state index contributed by atoms with van der Waals surface area (Å²) in [5.41, 5.74) is 0.890. The predicted octanol–water partition coefficient (Wildman–Crippen LogP) is 4.58. The van der Waals surface area contributed by atoms with Gasteiger partial charge in [0.2, 0.25) is 0 Å². The molecule has 1 saturated heterocycles. The molecule has 2 fully saturated rings. The van der Waals surface area contributed by atoms with Crippen LogP contribution in [0.2, 0.25) is 0 Å². The molecule has 0 amide bonds. The third kappa shape index (κ3) is 7.87. The van der Waals surface area contributed by atoms with Crippen LogP contribution in [-0.2, 0) is 0 Å². The van der Waals surface area contributed by atoms with Crippen LogP contribution in [0, 0.1) is 17.7 Å². The minimum atomic E-state index is -0.291. The Balaban J connectivity index is 0.00000320. The molecule has 0 radical (unpaired) electrons. The van der Waals surface area contributed by atoms with E-state index in [1.165, 1.54) is 32.2 Å². The average Bonchev–Trinajstić information content (AvgIpc) is 3.56. The van der Waals surface area contributed by atoms with E-state index in [4.69, 9.17) is 9.73 Å². The molecular weight excluding hydrogens is 494 g/mol. The van der Waals surface area contributed by atoms with E-state index in [1.54, 1.807) is 12.1 Å². The molecule has 3 rings (SSSR count). The SMILES string of the molecule is CCNC(=NCC1CCCN(CC)C1)NC(C)c1ccc(OCC2CC2)c(F)c1.I. The summed E-state index contributed by atoms with van der Waals surface area (Å²) in [6.45, 7) is 12.0. The Morgan fingerprint density at radius 2 is 2.07 bits per heavy atom. The second-order valence-corrected chi connectivity index (χ2v) is 8.43. The van der Waals surface area contributed by atoms with Gasteiger partial charge in [-0.05, 0) is 82.2 Å². The first-order chi connectivity index (χ1) is 14.1. The lowest BCUT2D eigenvalue weighted by Gasteiger charge is -2.31. The number of hydrogen-bond donors (Lipinski definition) is 2. The predicted molar refractivity (Wildman–Crippen MR) is 132 cm³/mol. The number of nitrogens with one attached hydrogen (secondary N) is 2. The first kappa shape index (κ1) is 25.2. The zero-order valence-electron chi connectivity index (χ0n) is 18.6. The van der Waals surface area contributed by atoms with Crippen LogP contribution < -0.4 is 15.4 Å². The lowest BCUT2D eigenvalue weighted by atomic mass is 9.98. The largest absolute Gasteiger partial charge is 0.490 e. The number of piperidine rings is 1. The van der Waals surface area contributed by atoms with Crippen LogP contribution in [-0.4, -0.2) is 50.2 Å². The van der Waals surface area contributed by atoms with Crippen molar-refractivity contribution in [1.29, 1.82) is 0 Å². The fourth-order valence-electron chi connectivity index (χ4n) is 3.81. The number of likely N-dealkylation sites (tertiary alicyclic amines) is 1. The van der Waals surface area contributed by atoms with Gasteiger partial charge in [-0.2, -0.15) is 0 Å². The van der Waals surface area contributed by atoms with E-state index in [1.807, 2.05) is 13.0 Å². The molecule has 2 N–H and O–H groups in total. The Kier molecular flexibility index (Phi) is 10.6. The Morgan fingerprint density at radius 3 is 2.73 bits per heavy atom. The quantitative estimate of drug-likeness (QED) is 0.278. The number of nitrogens with zero attached hydrogens (tertiary/aromatic N) is 2. The van der Waals surface area contributed by atoms with Gasteiger partial charge in [-0.15, -0.1) is 24.0 Å². The van der Waals surface area contributed by atoms with E-state index in [-0.39, 0.29) is 35.8 Å². The lowest BCUT2D eigenvalue weighted by molar-refractivity contribution is 0.186. The average molecular weight is 532 g/mol. The highest BCUT2D eigenvalue weighted by molar-refractivity contribution is 14.0. The molecule has 1 aromatic carbocycles. The Morgan fingerprint density at radius 1 is 1.27 bits per heavy atom. The van der Waals surface area contributed by atoms with Crippen molar-refractivity contribution in [3.05, 3.63) is 29.6 Å². The molecule has 2 atom stereocenters. The van der Waals surface area contributed by atoms with Gasteiger partial charge in [0, 0.05) is 19.6 Å². The van der Waals surface area contributed by atoms with Crippen LogP contribution >= 0.6 is 24.0 Å². The van der Waals surface area contributed by atoms with E-state index >= 15 is 0 Å². The first-order valence-corrected chi connectivity index (χ1v) is 11.3. The number of ether oxygens (including phenoxy) is 1. The van der Waals surface area contributed by atoms with Crippen molar-refractivity contribution in [2.24, 2.45) is 16.8 Å². The molecule has 0 aromatic heterocycles. The summed E-state index contributed by atoms with van der Waals surface area (Å²) in [4.78, 5) is 7.32. The maximum absolute atomic E-state index is 14.4. The fraction of sp³-hybridized carbons (Fsp3) is 0.696. The second-order valence-electron chi connectivity index (χ2n) is 8.43. The summed E-state index contributed by atoms with van der Waals surface area (Å²) in [6.07, 6.45) is 4.89. The zero-order chi connectivity index (χ0) is 20.6. The number of aliphatic imine (C=N–C) groups is 1. The van der Waals surface area contributed by atoms with Crippen LogP contribution in [0.25, 0.3) is 0 Å². The van der Waals surface area contributed by atoms with Gasteiger partial charge in [0.15, 0.2) is 17.5 Å². The molecule has 1 aliphatic heterocycles. The molecular formula is C23H38FIN4O. The number of rotatable bonds is 9. The molecule has 170 valence electrons. The maximum Gasteiger partial charge on any atom is 0.191 e. The summed E-state index contributed by atoms with van der Waals surface area (Å²) in [5, 5.41) is 6.74. The Bertz CT molecular complexity index is 683. The molecule has 7 heteroatoms. The van der Waals surface area contributed by atoms with E-state index in [2.05, 4.69) is 29.4 Å². The summed E-state index contributed by atoms with van der Waals surface area (Å²) < 4.78 is 20.0. The molecule has 5 nitrogen and oxygen atoms in total. The van der Waals surface area contributed by atoms with E-state index in [9.17, 15) is 4.39 Å². The minimum Gasteiger partial charge on any atom is -0.490 e. The fourth-order valence-corrected chi connectivity index (χ4v) is 3.81. The lowest BCUT2D eigenvalue weighted by Crippen LogP contribution is -2.40. The Hall–Kier alpha value is -1.09. The molecule has 1 aromatic rings. The highest BCUT2D eigenvalue weighted by atomic mass is 127. The third-order valence-corrected chi connectivity index (χ3v) is 5.88. The summed E-state index contributed by atoms with van der Waals surface area (Å²) in [7, 11) is 0. The molecule has 1 saturated carbocycles. The topological polar surface area (TPSA) is 48.9 Å². The van der Waals surface area contributed by atoms with Crippen molar-refractivity contribution in [3.63, 3.8) is 0 Å². The highest BCUT2D eigenvalue weighted by Gasteiger charge is 2.23.